The Bertz CT molecular complexity index is 2030. The zero-order valence-electron chi connectivity index (χ0n) is 31.2. The van der Waals surface area contributed by atoms with Gasteiger partial charge in [0.25, 0.3) is 5.91 Å². The summed E-state index contributed by atoms with van der Waals surface area (Å²) in [5.41, 5.74) is 13.5. The van der Waals surface area contributed by atoms with Gasteiger partial charge in [-0.15, -0.1) is 0 Å². The number of aliphatic hydroxyl groups excluding tert-OH is 2. The maximum absolute atomic E-state index is 14.7. The lowest BCUT2D eigenvalue weighted by atomic mass is 9.47. The average molecular weight is 765 g/mol. The van der Waals surface area contributed by atoms with Crippen molar-refractivity contribution in [3.8, 4) is 22.9 Å². The van der Waals surface area contributed by atoms with E-state index in [-0.39, 0.29) is 37.5 Å². The number of hydrogen-bond donors (Lipinski definition) is 6. The van der Waals surface area contributed by atoms with Crippen LogP contribution in [0.1, 0.15) is 63.1 Å². The molecule has 0 aromatic heterocycles. The normalized spacial score (nSPS) is 25.4. The van der Waals surface area contributed by atoms with Crippen molar-refractivity contribution >= 4 is 31.0 Å². The Hall–Kier alpha value is -4.39. The quantitative estimate of drug-likeness (QED) is 0.0911. The van der Waals surface area contributed by atoms with Crippen molar-refractivity contribution in [2.75, 3.05) is 33.9 Å². The number of aliphatic hydroxyl groups is 2. The van der Waals surface area contributed by atoms with Crippen molar-refractivity contribution in [2.45, 2.75) is 76.5 Å². The van der Waals surface area contributed by atoms with Crippen LogP contribution in [0.15, 0.2) is 53.3 Å². The van der Waals surface area contributed by atoms with E-state index in [1.54, 1.807) is 30.7 Å². The van der Waals surface area contributed by atoms with E-state index in [0.29, 0.717) is 23.2 Å². The molecule has 9 N–H and O–H groups in total. The number of aromatic hydroxyl groups is 1. The molecule has 0 bridgehead atoms. The highest BCUT2D eigenvalue weighted by Gasteiger charge is 2.74. The molecule has 1 saturated carbocycles. The zero-order valence-corrected chi connectivity index (χ0v) is 32.1. The fraction of sp³-hybridized carbons (Fsp3) is 0.474. The molecule has 54 heavy (non-hydrogen) atoms. The second kappa shape index (κ2) is 15.0. The first kappa shape index (κ1) is 40.8. The molecule has 0 saturated heterocycles. The number of Topliss-reactive ketones (excluding diaryl/α,β-unsaturated/α-hetero) is 2. The fourth-order valence-electron chi connectivity index (χ4n) is 8.51. The van der Waals surface area contributed by atoms with Crippen LogP contribution in [0.4, 0.5) is 0 Å². The van der Waals surface area contributed by atoms with E-state index in [9.17, 15) is 39.5 Å². The van der Waals surface area contributed by atoms with Crippen LogP contribution in [0.3, 0.4) is 0 Å². The smallest absolute Gasteiger partial charge is 0.408 e. The molecule has 290 valence electrons. The van der Waals surface area contributed by atoms with E-state index in [2.05, 4.69) is 6.92 Å². The third kappa shape index (κ3) is 6.25. The van der Waals surface area contributed by atoms with E-state index in [4.69, 9.17) is 26.2 Å². The molecule has 0 aliphatic heterocycles. The number of carbonyl (C=O) groups excluding carboxylic acids is 3. The predicted molar refractivity (Wildman–Crippen MR) is 200 cm³/mol. The number of nitrogens with zero attached hydrogens (tertiary/aromatic N) is 3. The maximum Gasteiger partial charge on any atom is 0.408 e. The Balaban J connectivity index is 1.68. The van der Waals surface area contributed by atoms with Crippen molar-refractivity contribution in [3.05, 3.63) is 70.0 Å². The third-order valence-corrected chi connectivity index (χ3v) is 12.9. The molecule has 2 aromatic carbocycles. The van der Waals surface area contributed by atoms with Crippen LogP contribution in [0.25, 0.3) is 16.9 Å². The first-order chi connectivity index (χ1) is 25.4. The molecule has 3 aliphatic carbocycles. The number of nitrogens with two attached hydrogens (primary N) is 3. The molecule has 5 rings (SSSR count). The number of primary amides is 1. The van der Waals surface area contributed by atoms with Crippen LogP contribution >= 0.6 is 7.75 Å². The largest absolute Gasteiger partial charge is 0.509 e. The molecule has 0 unspecified atom stereocenters. The highest BCUT2D eigenvalue weighted by atomic mass is 31.2. The zero-order chi connectivity index (χ0) is 40.0. The van der Waals surface area contributed by atoms with Crippen molar-refractivity contribution in [3.63, 3.8) is 0 Å². The lowest BCUT2D eigenvalue weighted by Crippen LogP contribution is -2.80. The number of phenolic OH excluding ortho intramolecular Hbond substituents is 1. The van der Waals surface area contributed by atoms with Crippen molar-refractivity contribution in [2.24, 2.45) is 22.6 Å². The second-order valence-corrected chi connectivity index (χ2v) is 16.4. The van der Waals surface area contributed by atoms with Crippen LogP contribution in [0.2, 0.25) is 0 Å². The summed E-state index contributed by atoms with van der Waals surface area (Å²) in [7, 11) is -0.719. The number of ketones is 2. The molecule has 2 aromatic rings. The number of phenols is 1. The summed E-state index contributed by atoms with van der Waals surface area (Å²) in [6.07, 6.45) is 1.96. The van der Waals surface area contributed by atoms with Crippen molar-refractivity contribution < 1.29 is 43.3 Å². The summed E-state index contributed by atoms with van der Waals surface area (Å²) in [6.45, 7) is 6.63. The van der Waals surface area contributed by atoms with Crippen LogP contribution in [0.5, 0.6) is 5.75 Å². The standard InChI is InChI=1S/C38H49N6O9P/c1-6-9-10-16-44(54(51,52-7-2)53-8-3)19-22-12-11-13-23(17-22)24-14-15-26(45)27-25(24)18-36(41)20-38(42)32(43(4)5)31(47)28(35(40)50)33(48)37(38,21-39)34(49)29(36)30(27)46/h11-15,17,32,45-46,48H,6-10,16,18-20,41-42H2,1-5H3,(H2,40,50)/t32-,36-,37+,38-/m1/s1. The fourth-order valence-corrected chi connectivity index (χ4v) is 10.3. The molecule has 15 nitrogen and oxygen atoms in total. The van der Waals surface area contributed by atoms with Gasteiger partial charge in [0, 0.05) is 13.1 Å². The minimum atomic E-state index is -3.64. The summed E-state index contributed by atoms with van der Waals surface area (Å²) < 4.78 is 27.0. The number of nitriles is 1. The Kier molecular flexibility index (Phi) is 11.4. The van der Waals surface area contributed by atoms with Crippen molar-refractivity contribution in [1.29, 1.82) is 5.26 Å². The Morgan fingerprint density at radius 2 is 1.72 bits per heavy atom. The number of likely N-dealkylation sites (N-methyl/N-ethyl adjacent to an activating group) is 1. The second-order valence-electron chi connectivity index (χ2n) is 14.4. The highest BCUT2D eigenvalue weighted by Crippen LogP contribution is 2.59. The number of benzene rings is 2. The van der Waals surface area contributed by atoms with Crippen molar-refractivity contribution in [1.82, 2.24) is 9.57 Å². The van der Waals surface area contributed by atoms with Crippen LogP contribution in [-0.4, -0.2) is 93.3 Å². The number of rotatable bonds is 14. The summed E-state index contributed by atoms with van der Waals surface area (Å²) in [5, 5.41) is 45.2. The Morgan fingerprint density at radius 3 is 2.30 bits per heavy atom. The molecule has 1 amide bonds. The lowest BCUT2D eigenvalue weighted by Gasteiger charge is -2.58. The molecular formula is C38H49N6O9P. The predicted octanol–water partition coefficient (Wildman–Crippen LogP) is 3.75. The van der Waals surface area contributed by atoms with E-state index < -0.39 is 76.8 Å². The van der Waals surface area contributed by atoms with Gasteiger partial charge in [-0.05, 0) is 81.6 Å². The van der Waals surface area contributed by atoms with Gasteiger partial charge >= 0.3 is 7.75 Å². The monoisotopic (exact) mass is 764 g/mol. The molecule has 16 heteroatoms. The average Bonchev–Trinajstić information content (AvgIpc) is 3.07. The Labute approximate surface area is 314 Å². The lowest BCUT2D eigenvalue weighted by molar-refractivity contribution is -0.139. The van der Waals surface area contributed by atoms with Gasteiger partial charge in [-0.2, -0.15) is 5.26 Å². The molecule has 0 spiro atoms. The van der Waals surface area contributed by atoms with Gasteiger partial charge in [-0.3, -0.25) is 28.3 Å². The summed E-state index contributed by atoms with van der Waals surface area (Å²) in [5.74, 6) is -5.91. The molecule has 0 heterocycles. The van der Waals surface area contributed by atoms with Gasteiger partial charge in [0.05, 0.1) is 47.5 Å². The summed E-state index contributed by atoms with van der Waals surface area (Å²) >= 11 is 0. The van der Waals surface area contributed by atoms with Gasteiger partial charge < -0.3 is 32.5 Å². The number of carbonyl (C=O) groups is 3. The van der Waals surface area contributed by atoms with Crippen LogP contribution < -0.4 is 17.2 Å². The molecule has 0 radical (unpaired) electrons. The molecule has 4 atom stereocenters. The van der Waals surface area contributed by atoms with Gasteiger partial charge in [0.2, 0.25) is 0 Å². The van der Waals surface area contributed by atoms with E-state index in [1.165, 1.54) is 25.1 Å². The van der Waals surface area contributed by atoms with Crippen LogP contribution in [-0.2, 0) is 41.0 Å². The number of unbranched alkanes of at least 4 members (excludes halogenated alkanes) is 2. The van der Waals surface area contributed by atoms with Crippen LogP contribution in [0, 0.1) is 16.7 Å². The molecule has 1 fully saturated rings. The summed E-state index contributed by atoms with van der Waals surface area (Å²) in [4.78, 5) is 42.3. The molecular weight excluding hydrogens is 715 g/mol. The number of hydrogen-bond acceptors (Lipinski definition) is 13. The maximum atomic E-state index is 14.7. The summed E-state index contributed by atoms with van der Waals surface area (Å²) in [6, 6.07) is 10.6. The third-order valence-electron chi connectivity index (χ3n) is 10.7. The topological polar surface area (TPSA) is 256 Å². The van der Waals surface area contributed by atoms with E-state index in [0.717, 1.165) is 24.8 Å². The van der Waals surface area contributed by atoms with Gasteiger partial charge in [0.1, 0.15) is 22.8 Å². The Morgan fingerprint density at radius 1 is 1.06 bits per heavy atom. The van der Waals surface area contributed by atoms with E-state index in [1.807, 2.05) is 24.3 Å². The van der Waals surface area contributed by atoms with Gasteiger partial charge in [-0.25, -0.2) is 9.24 Å². The number of amides is 1. The minimum Gasteiger partial charge on any atom is -0.509 e. The van der Waals surface area contributed by atoms with E-state index >= 15 is 0 Å². The highest BCUT2D eigenvalue weighted by molar-refractivity contribution is 7.51. The SMILES string of the molecule is CCCCCN(Cc1cccc(-c2ccc(O)c3c2C[C@@]2(N)C[C@@]4(N)[C@H](N(C)C)C(=O)C(C(N)=O)=C(O)[C@@]4(C#N)C(=O)C2=C3O)c1)P(=O)(OCC)OCC. The van der Waals surface area contributed by atoms with Gasteiger partial charge in [0.15, 0.2) is 17.0 Å². The first-order valence-electron chi connectivity index (χ1n) is 17.9. The minimum absolute atomic E-state index is 0.118. The van der Waals surface area contributed by atoms with Gasteiger partial charge in [-0.1, -0.05) is 44.0 Å². The molecule has 3 aliphatic rings. The number of fused-ring (bicyclic) bond motifs is 3. The first-order valence-corrected chi connectivity index (χ1v) is 19.4.